The van der Waals surface area contributed by atoms with E-state index >= 15 is 0 Å². The smallest absolute Gasteiger partial charge is 0.240 e. The van der Waals surface area contributed by atoms with Gasteiger partial charge in [0.25, 0.3) is 0 Å². The average Bonchev–Trinajstić information content (AvgIpc) is 2.45. The van der Waals surface area contributed by atoms with Crippen LogP contribution in [-0.4, -0.2) is 44.6 Å². The first kappa shape index (κ1) is 16.0. The average molecular weight is 306 g/mol. The molecular formula is C14H18F4N2O. The number of nitrogens with one attached hydrogen (secondary N) is 1. The molecule has 7 heteroatoms. The summed E-state index contributed by atoms with van der Waals surface area (Å²) in [7, 11) is 1.29. The van der Waals surface area contributed by atoms with Crippen molar-refractivity contribution < 1.29 is 22.3 Å². The van der Waals surface area contributed by atoms with Crippen LogP contribution in [0.1, 0.15) is 18.0 Å². The van der Waals surface area contributed by atoms with Crippen molar-refractivity contribution in [2.45, 2.75) is 18.9 Å². The predicted molar refractivity (Wildman–Crippen MR) is 70.7 cm³/mol. The molecule has 3 nitrogen and oxygen atoms in total. The van der Waals surface area contributed by atoms with E-state index < -0.39 is 30.5 Å². The first-order chi connectivity index (χ1) is 10.0. The highest BCUT2D eigenvalue weighted by atomic mass is 19.3. The molecule has 1 atom stereocenters. The van der Waals surface area contributed by atoms with E-state index in [1.54, 1.807) is 4.90 Å². The van der Waals surface area contributed by atoms with Crippen molar-refractivity contribution in [3.63, 3.8) is 0 Å². The van der Waals surface area contributed by atoms with Gasteiger partial charge in [0.15, 0.2) is 0 Å². The Morgan fingerprint density at radius 3 is 2.24 bits per heavy atom. The molecule has 1 saturated heterocycles. The first-order valence-corrected chi connectivity index (χ1v) is 6.78. The number of methoxy groups -OCH3 is 1. The van der Waals surface area contributed by atoms with E-state index in [0.717, 1.165) is 12.1 Å². The Labute approximate surface area is 120 Å². The fraction of sp³-hybridized carbons (Fsp3) is 0.571. The Hall–Kier alpha value is -1.34. The summed E-state index contributed by atoms with van der Waals surface area (Å²) in [6.07, 6.45) is -3.23. The molecule has 118 valence electrons. The van der Waals surface area contributed by atoms with Gasteiger partial charge in [-0.25, -0.2) is 17.6 Å². The Bertz CT molecular complexity index is 455. The van der Waals surface area contributed by atoms with Crippen LogP contribution in [0.5, 0.6) is 5.75 Å². The van der Waals surface area contributed by atoms with Gasteiger partial charge in [-0.15, -0.1) is 0 Å². The standard InChI is InChI=1S/C14H18F4N2O/c1-21-9-6-10(15)14(11(16)7-9)12(8-13(17)18)20-4-2-19-3-5-20/h6-7,12-13,19H,2-5,8H2,1H3/t12-/m1/s1. The summed E-state index contributed by atoms with van der Waals surface area (Å²) in [5, 5.41) is 3.09. The molecular weight excluding hydrogens is 288 g/mol. The SMILES string of the molecule is COc1cc(F)c([C@@H](CC(F)F)N2CCNCC2)c(F)c1. The molecule has 0 bridgehead atoms. The summed E-state index contributed by atoms with van der Waals surface area (Å²) in [5.41, 5.74) is -0.307. The van der Waals surface area contributed by atoms with Crippen LogP contribution in [0.3, 0.4) is 0 Å². The highest BCUT2D eigenvalue weighted by molar-refractivity contribution is 5.32. The number of nitrogens with zero attached hydrogens (tertiary/aromatic N) is 1. The molecule has 1 fully saturated rings. The second-order valence-corrected chi connectivity index (χ2v) is 4.93. The summed E-state index contributed by atoms with van der Waals surface area (Å²) in [5.74, 6) is -1.67. The number of hydrogen-bond acceptors (Lipinski definition) is 3. The van der Waals surface area contributed by atoms with Gasteiger partial charge in [-0.2, -0.15) is 0 Å². The number of piperazine rings is 1. The predicted octanol–water partition coefficient (Wildman–Crippen LogP) is 2.57. The van der Waals surface area contributed by atoms with Crippen LogP contribution in [0.25, 0.3) is 0 Å². The van der Waals surface area contributed by atoms with Crippen molar-refractivity contribution in [1.29, 1.82) is 0 Å². The fourth-order valence-electron chi connectivity index (χ4n) is 2.61. The minimum absolute atomic E-state index is 0.0323. The third-order valence-electron chi connectivity index (χ3n) is 3.62. The van der Waals surface area contributed by atoms with E-state index in [1.807, 2.05) is 0 Å². The third-order valence-corrected chi connectivity index (χ3v) is 3.62. The highest BCUT2D eigenvalue weighted by Crippen LogP contribution is 2.33. The van der Waals surface area contributed by atoms with Crippen LogP contribution in [-0.2, 0) is 0 Å². The van der Waals surface area contributed by atoms with E-state index in [2.05, 4.69) is 5.32 Å². The number of benzene rings is 1. The van der Waals surface area contributed by atoms with E-state index in [4.69, 9.17) is 4.74 Å². The molecule has 0 aromatic heterocycles. The molecule has 2 rings (SSSR count). The monoisotopic (exact) mass is 306 g/mol. The second kappa shape index (κ2) is 7.09. The zero-order valence-electron chi connectivity index (χ0n) is 11.7. The summed E-state index contributed by atoms with van der Waals surface area (Å²) in [6, 6.07) is 1.08. The zero-order valence-corrected chi connectivity index (χ0v) is 11.7. The van der Waals surface area contributed by atoms with Crippen LogP contribution >= 0.6 is 0 Å². The van der Waals surface area contributed by atoms with Crippen LogP contribution in [0.4, 0.5) is 17.6 Å². The maximum Gasteiger partial charge on any atom is 0.240 e. The molecule has 1 aromatic rings. The van der Waals surface area contributed by atoms with E-state index in [1.165, 1.54) is 7.11 Å². The van der Waals surface area contributed by atoms with Gasteiger partial charge in [0.05, 0.1) is 7.11 Å². The topological polar surface area (TPSA) is 24.5 Å². The van der Waals surface area contributed by atoms with Crippen molar-refractivity contribution in [1.82, 2.24) is 10.2 Å². The van der Waals surface area contributed by atoms with Crippen molar-refractivity contribution in [3.05, 3.63) is 29.3 Å². The normalized spacial score (nSPS) is 18.0. The molecule has 0 aliphatic carbocycles. The van der Waals surface area contributed by atoms with Crippen LogP contribution in [0.15, 0.2) is 12.1 Å². The maximum absolute atomic E-state index is 14.1. The number of hydrogen-bond donors (Lipinski definition) is 1. The van der Waals surface area contributed by atoms with E-state index in [0.29, 0.717) is 26.2 Å². The van der Waals surface area contributed by atoms with Gasteiger partial charge in [-0.1, -0.05) is 0 Å². The molecule has 1 aliphatic rings. The quantitative estimate of drug-likeness (QED) is 0.846. The first-order valence-electron chi connectivity index (χ1n) is 6.78. The lowest BCUT2D eigenvalue weighted by Crippen LogP contribution is -2.46. The molecule has 0 spiro atoms. The Morgan fingerprint density at radius 1 is 1.19 bits per heavy atom. The van der Waals surface area contributed by atoms with Crippen molar-refractivity contribution in [2.24, 2.45) is 0 Å². The van der Waals surface area contributed by atoms with Crippen molar-refractivity contribution in [3.8, 4) is 5.75 Å². The summed E-state index contributed by atoms with van der Waals surface area (Å²) in [4.78, 5) is 1.69. The summed E-state index contributed by atoms with van der Waals surface area (Å²) in [6.45, 7) is 2.17. The van der Waals surface area contributed by atoms with Crippen LogP contribution < -0.4 is 10.1 Å². The summed E-state index contributed by atoms with van der Waals surface area (Å²) < 4.78 is 58.7. The molecule has 0 unspecified atom stereocenters. The fourth-order valence-corrected chi connectivity index (χ4v) is 2.61. The number of halogens is 4. The van der Waals surface area contributed by atoms with Crippen LogP contribution in [0.2, 0.25) is 0 Å². The molecule has 1 heterocycles. The minimum atomic E-state index is -2.63. The van der Waals surface area contributed by atoms with Gasteiger partial charge >= 0.3 is 0 Å². The van der Waals surface area contributed by atoms with Gasteiger partial charge in [-0.3, -0.25) is 4.90 Å². The van der Waals surface area contributed by atoms with Gasteiger partial charge in [0.1, 0.15) is 17.4 Å². The lowest BCUT2D eigenvalue weighted by atomic mass is 9.99. The number of rotatable bonds is 5. The Kier molecular flexibility index (Phi) is 5.41. The van der Waals surface area contributed by atoms with Crippen LogP contribution in [0, 0.1) is 11.6 Å². The zero-order chi connectivity index (χ0) is 15.4. The Balaban J connectivity index is 2.35. The second-order valence-electron chi connectivity index (χ2n) is 4.93. The number of alkyl halides is 2. The molecule has 0 amide bonds. The van der Waals surface area contributed by atoms with Crippen molar-refractivity contribution in [2.75, 3.05) is 33.3 Å². The van der Waals surface area contributed by atoms with Crippen molar-refractivity contribution >= 4 is 0 Å². The van der Waals surface area contributed by atoms with E-state index in [-0.39, 0.29) is 11.3 Å². The molecule has 1 aromatic carbocycles. The van der Waals surface area contributed by atoms with Gasteiger partial charge in [0, 0.05) is 56.3 Å². The van der Waals surface area contributed by atoms with Gasteiger partial charge in [0.2, 0.25) is 6.43 Å². The minimum Gasteiger partial charge on any atom is -0.497 e. The Morgan fingerprint density at radius 2 is 1.76 bits per heavy atom. The maximum atomic E-state index is 14.1. The number of ether oxygens (including phenoxy) is 1. The molecule has 0 radical (unpaired) electrons. The van der Waals surface area contributed by atoms with Gasteiger partial charge < -0.3 is 10.1 Å². The lowest BCUT2D eigenvalue weighted by molar-refractivity contribution is 0.0709. The third kappa shape index (κ3) is 3.85. The summed E-state index contributed by atoms with van der Waals surface area (Å²) >= 11 is 0. The van der Waals surface area contributed by atoms with Gasteiger partial charge in [-0.05, 0) is 0 Å². The molecule has 21 heavy (non-hydrogen) atoms. The molecule has 1 aliphatic heterocycles. The van der Waals surface area contributed by atoms with E-state index in [9.17, 15) is 17.6 Å². The molecule has 0 saturated carbocycles. The molecule has 1 N–H and O–H groups in total. The largest absolute Gasteiger partial charge is 0.497 e. The lowest BCUT2D eigenvalue weighted by Gasteiger charge is -2.35. The highest BCUT2D eigenvalue weighted by Gasteiger charge is 2.30.